The van der Waals surface area contributed by atoms with Crippen molar-refractivity contribution in [2.24, 2.45) is 7.05 Å². The third-order valence-corrected chi connectivity index (χ3v) is 4.28. The first kappa shape index (κ1) is 21.6. The largest absolute Gasteiger partial charge is 0.478 e. The first-order chi connectivity index (χ1) is 13.7. The van der Waals surface area contributed by atoms with Gasteiger partial charge in [0, 0.05) is 48.4 Å². The molecule has 3 aromatic rings. The van der Waals surface area contributed by atoms with Gasteiger partial charge in [-0.25, -0.2) is 14.6 Å². The zero-order valence-electron chi connectivity index (χ0n) is 16.5. The van der Waals surface area contributed by atoms with Crippen molar-refractivity contribution in [1.29, 1.82) is 0 Å². The minimum absolute atomic E-state index is 0.194. The molecule has 0 bridgehead atoms. The Bertz CT molecular complexity index is 1060. The molecule has 8 heteroatoms. The van der Waals surface area contributed by atoms with E-state index in [-0.39, 0.29) is 5.78 Å². The molecular formula is C21H23N3O5. The molecule has 3 rings (SSSR count). The minimum Gasteiger partial charge on any atom is -0.478 e. The molecule has 0 amide bonds. The van der Waals surface area contributed by atoms with Crippen LogP contribution in [0.5, 0.6) is 0 Å². The van der Waals surface area contributed by atoms with Gasteiger partial charge in [-0.2, -0.15) is 0 Å². The molecule has 0 fully saturated rings. The van der Waals surface area contributed by atoms with E-state index in [2.05, 4.69) is 45.9 Å². The quantitative estimate of drug-likeness (QED) is 0.549. The number of nitrogens with one attached hydrogen (secondary N) is 1. The number of fused-ring (bicyclic) bond motifs is 1. The number of H-pyrrole nitrogens is 1. The number of benzene rings is 1. The number of imidazole rings is 1. The van der Waals surface area contributed by atoms with Crippen LogP contribution in [0.1, 0.15) is 22.5 Å². The molecule has 0 aliphatic rings. The zero-order valence-corrected chi connectivity index (χ0v) is 16.5. The standard InChI is InChI=1S/C17H19N3O.C4H4O4/c1-11-4-5-17-15(6-11)13(9-20(17)3)7-14(21)8-16-12(2)18-10-19-16;5-3(6)1-2-4(7)8/h4-6,9-10H,7-8H2,1-3H3,(H,18,19);1-2H,(H,5,6)(H,7,8)/b;2-1-. The number of Topliss-reactive ketones (excluding diaryl/α,β-unsaturated/α-hetero) is 1. The average Bonchev–Trinajstić information content (AvgIpc) is 3.17. The molecule has 0 saturated heterocycles. The van der Waals surface area contributed by atoms with Crippen LogP contribution in [0.3, 0.4) is 0 Å². The fourth-order valence-electron chi connectivity index (χ4n) is 2.90. The Labute approximate surface area is 167 Å². The van der Waals surface area contributed by atoms with Gasteiger partial charge < -0.3 is 19.8 Å². The van der Waals surface area contributed by atoms with Crippen molar-refractivity contribution < 1.29 is 24.6 Å². The molecule has 3 N–H and O–H groups in total. The molecule has 0 saturated carbocycles. The van der Waals surface area contributed by atoms with Crippen LogP contribution in [0.2, 0.25) is 0 Å². The number of aromatic nitrogens is 3. The van der Waals surface area contributed by atoms with Crippen LogP contribution >= 0.6 is 0 Å². The van der Waals surface area contributed by atoms with Gasteiger partial charge in [0.05, 0.1) is 18.4 Å². The van der Waals surface area contributed by atoms with E-state index in [4.69, 9.17) is 10.2 Å². The van der Waals surface area contributed by atoms with Gasteiger partial charge >= 0.3 is 11.9 Å². The summed E-state index contributed by atoms with van der Waals surface area (Å²) >= 11 is 0. The van der Waals surface area contributed by atoms with Crippen molar-refractivity contribution in [2.45, 2.75) is 26.7 Å². The highest BCUT2D eigenvalue weighted by molar-refractivity contribution is 5.91. The summed E-state index contributed by atoms with van der Waals surface area (Å²) in [6.45, 7) is 4.02. The lowest BCUT2D eigenvalue weighted by Crippen LogP contribution is -2.07. The molecule has 29 heavy (non-hydrogen) atoms. The number of hydrogen-bond donors (Lipinski definition) is 3. The number of aliphatic carboxylic acids is 2. The summed E-state index contributed by atoms with van der Waals surface area (Å²) in [7, 11) is 2.02. The van der Waals surface area contributed by atoms with Crippen molar-refractivity contribution in [1.82, 2.24) is 14.5 Å². The molecule has 0 aliphatic carbocycles. The fourth-order valence-corrected chi connectivity index (χ4v) is 2.90. The van der Waals surface area contributed by atoms with Crippen LogP contribution in [0.25, 0.3) is 10.9 Å². The topological polar surface area (TPSA) is 125 Å². The number of ketones is 1. The molecular weight excluding hydrogens is 374 g/mol. The highest BCUT2D eigenvalue weighted by atomic mass is 16.4. The van der Waals surface area contributed by atoms with E-state index in [1.165, 1.54) is 16.5 Å². The summed E-state index contributed by atoms with van der Waals surface area (Å²) in [5.74, 6) is -2.32. The molecule has 0 spiro atoms. The minimum atomic E-state index is -1.26. The first-order valence-electron chi connectivity index (χ1n) is 8.86. The molecule has 0 aliphatic heterocycles. The number of carboxylic acids is 2. The number of carboxylic acid groups (broad SMARTS) is 2. The van der Waals surface area contributed by atoms with Crippen LogP contribution in [-0.4, -0.2) is 42.5 Å². The molecule has 152 valence electrons. The fraction of sp³-hybridized carbons (Fsp3) is 0.238. The maximum absolute atomic E-state index is 12.3. The Morgan fingerprint density at radius 2 is 1.76 bits per heavy atom. The number of hydrogen-bond acceptors (Lipinski definition) is 4. The SMILES string of the molecule is Cc1ccc2c(c1)c(CC(=O)Cc1nc[nH]c1C)cn2C.O=C(O)/C=C\C(=O)O. The Hall–Kier alpha value is -3.68. The van der Waals surface area contributed by atoms with Crippen molar-refractivity contribution in [3.8, 4) is 0 Å². The second-order valence-corrected chi connectivity index (χ2v) is 6.66. The van der Waals surface area contributed by atoms with Crippen molar-refractivity contribution in [3.63, 3.8) is 0 Å². The number of aromatic amines is 1. The molecule has 0 atom stereocenters. The first-order valence-corrected chi connectivity index (χ1v) is 8.86. The van der Waals surface area contributed by atoms with Gasteiger partial charge in [-0.05, 0) is 31.5 Å². The monoisotopic (exact) mass is 397 g/mol. The van der Waals surface area contributed by atoms with Crippen molar-refractivity contribution in [3.05, 3.63) is 65.4 Å². The van der Waals surface area contributed by atoms with Crippen LogP contribution in [-0.2, 0) is 34.3 Å². The predicted molar refractivity (Wildman–Crippen MR) is 108 cm³/mol. The zero-order chi connectivity index (χ0) is 21.6. The normalized spacial score (nSPS) is 10.7. The van der Waals surface area contributed by atoms with Gasteiger partial charge in [0.15, 0.2) is 0 Å². The van der Waals surface area contributed by atoms with Crippen LogP contribution in [0.15, 0.2) is 42.9 Å². The lowest BCUT2D eigenvalue weighted by molar-refractivity contribution is -0.134. The van der Waals surface area contributed by atoms with Crippen LogP contribution < -0.4 is 0 Å². The highest BCUT2D eigenvalue weighted by Gasteiger charge is 2.13. The van der Waals surface area contributed by atoms with Crippen LogP contribution in [0, 0.1) is 13.8 Å². The van der Waals surface area contributed by atoms with Gasteiger partial charge in [0.25, 0.3) is 0 Å². The summed E-state index contributed by atoms with van der Waals surface area (Å²) in [6.07, 6.45) is 5.65. The van der Waals surface area contributed by atoms with E-state index in [1.807, 2.05) is 14.0 Å². The van der Waals surface area contributed by atoms with Crippen molar-refractivity contribution in [2.75, 3.05) is 0 Å². The number of rotatable bonds is 6. The predicted octanol–water partition coefficient (Wildman–Crippen LogP) is 2.58. The Morgan fingerprint density at radius 3 is 2.31 bits per heavy atom. The second-order valence-electron chi connectivity index (χ2n) is 6.66. The van der Waals surface area contributed by atoms with E-state index in [9.17, 15) is 14.4 Å². The molecule has 0 unspecified atom stereocenters. The molecule has 8 nitrogen and oxygen atoms in total. The number of aryl methyl sites for hydroxylation is 3. The van der Waals surface area contributed by atoms with E-state index >= 15 is 0 Å². The van der Waals surface area contributed by atoms with Gasteiger partial charge in [-0.1, -0.05) is 11.6 Å². The van der Waals surface area contributed by atoms with Gasteiger partial charge in [-0.3, -0.25) is 4.79 Å². The molecule has 0 radical (unpaired) electrons. The van der Waals surface area contributed by atoms with E-state index in [1.54, 1.807) is 6.33 Å². The van der Waals surface area contributed by atoms with Gasteiger partial charge in [-0.15, -0.1) is 0 Å². The molecule has 2 aromatic heterocycles. The highest BCUT2D eigenvalue weighted by Crippen LogP contribution is 2.23. The Kier molecular flexibility index (Phi) is 7.08. The third kappa shape index (κ3) is 6.17. The van der Waals surface area contributed by atoms with E-state index in [0.29, 0.717) is 25.0 Å². The number of nitrogens with zero attached hydrogens (tertiary/aromatic N) is 2. The Morgan fingerprint density at radius 1 is 1.10 bits per heavy atom. The lowest BCUT2D eigenvalue weighted by Gasteiger charge is -2.00. The lowest BCUT2D eigenvalue weighted by atomic mass is 10.0. The average molecular weight is 397 g/mol. The maximum atomic E-state index is 12.3. The van der Waals surface area contributed by atoms with E-state index in [0.717, 1.165) is 17.0 Å². The Balaban J connectivity index is 0.000000321. The van der Waals surface area contributed by atoms with Crippen LogP contribution in [0.4, 0.5) is 0 Å². The summed E-state index contributed by atoms with van der Waals surface area (Å²) in [4.78, 5) is 38.6. The maximum Gasteiger partial charge on any atom is 0.328 e. The van der Waals surface area contributed by atoms with Gasteiger partial charge in [0.2, 0.25) is 0 Å². The summed E-state index contributed by atoms with van der Waals surface area (Å²) in [5, 5.41) is 16.8. The number of carbonyl (C=O) groups is 3. The third-order valence-electron chi connectivity index (χ3n) is 4.28. The molecule has 2 heterocycles. The summed E-state index contributed by atoms with van der Waals surface area (Å²) in [5.41, 5.74) is 5.29. The molecule has 1 aromatic carbocycles. The summed E-state index contributed by atoms with van der Waals surface area (Å²) in [6, 6.07) is 6.36. The van der Waals surface area contributed by atoms with Crippen molar-refractivity contribution >= 4 is 28.6 Å². The second kappa shape index (κ2) is 9.50. The smallest absolute Gasteiger partial charge is 0.328 e. The van der Waals surface area contributed by atoms with Gasteiger partial charge in [0.1, 0.15) is 5.78 Å². The summed E-state index contributed by atoms with van der Waals surface area (Å²) < 4.78 is 2.08. The number of carbonyl (C=O) groups excluding carboxylic acids is 1. The van der Waals surface area contributed by atoms with E-state index < -0.39 is 11.9 Å².